The number of hydrogen-bond donors (Lipinski definition) is 0. The van der Waals surface area contributed by atoms with Crippen LogP contribution in [0.5, 0.6) is 0 Å². The van der Waals surface area contributed by atoms with E-state index in [1.54, 1.807) is 25.1 Å². The molecule has 6 heteroatoms. The third kappa shape index (κ3) is 2.91. The van der Waals surface area contributed by atoms with Gasteiger partial charge in [-0.25, -0.2) is 4.79 Å². The third-order valence-corrected chi connectivity index (χ3v) is 3.88. The van der Waals surface area contributed by atoms with Crippen LogP contribution in [0.15, 0.2) is 18.2 Å². The summed E-state index contributed by atoms with van der Waals surface area (Å²) in [7, 11) is 0. The number of esters is 1. The topological polar surface area (TPSA) is 46.6 Å². The molecule has 1 aromatic carbocycles. The Balaban J connectivity index is 2.26. The predicted octanol–water partition coefficient (Wildman–Crippen LogP) is 3.16. The second-order valence-corrected chi connectivity index (χ2v) is 5.32. The Morgan fingerprint density at radius 3 is 2.60 bits per heavy atom. The van der Waals surface area contributed by atoms with Gasteiger partial charge in [0.1, 0.15) is 6.04 Å². The summed E-state index contributed by atoms with van der Waals surface area (Å²) < 4.78 is 5.00. The van der Waals surface area contributed by atoms with Crippen molar-refractivity contribution in [2.24, 2.45) is 0 Å². The van der Waals surface area contributed by atoms with Crippen LogP contribution in [0.1, 0.15) is 30.1 Å². The SMILES string of the molecule is CCOC(=O)C1CCCN1C(=O)c1c(Cl)cccc1Cl. The molecule has 1 amide bonds. The molecule has 108 valence electrons. The van der Waals surface area contributed by atoms with Gasteiger partial charge in [0.05, 0.1) is 22.2 Å². The summed E-state index contributed by atoms with van der Waals surface area (Å²) in [6.45, 7) is 2.54. The van der Waals surface area contributed by atoms with Gasteiger partial charge in [0, 0.05) is 6.54 Å². The number of nitrogens with zero attached hydrogens (tertiary/aromatic N) is 1. The fraction of sp³-hybridized carbons (Fsp3) is 0.429. The number of benzene rings is 1. The summed E-state index contributed by atoms with van der Waals surface area (Å²) in [5, 5.41) is 0.578. The predicted molar refractivity (Wildman–Crippen MR) is 77.2 cm³/mol. The maximum absolute atomic E-state index is 12.6. The first-order chi connectivity index (χ1) is 9.56. The fourth-order valence-corrected chi connectivity index (χ4v) is 2.90. The van der Waals surface area contributed by atoms with Gasteiger partial charge in [-0.3, -0.25) is 4.79 Å². The minimum atomic E-state index is -0.546. The molecular formula is C14H15Cl2NO3. The van der Waals surface area contributed by atoms with Crippen LogP contribution in [0.4, 0.5) is 0 Å². The second-order valence-electron chi connectivity index (χ2n) is 4.51. The lowest BCUT2D eigenvalue weighted by Crippen LogP contribution is -2.41. The zero-order chi connectivity index (χ0) is 14.7. The van der Waals surface area contributed by atoms with Crippen LogP contribution in [0.2, 0.25) is 10.0 Å². The minimum Gasteiger partial charge on any atom is -0.464 e. The quantitative estimate of drug-likeness (QED) is 0.805. The molecule has 1 aliphatic rings. The van der Waals surface area contributed by atoms with Gasteiger partial charge in [0.15, 0.2) is 0 Å². The lowest BCUT2D eigenvalue weighted by atomic mass is 10.1. The molecule has 1 saturated heterocycles. The van der Waals surface area contributed by atoms with E-state index in [1.807, 2.05) is 0 Å². The number of likely N-dealkylation sites (tertiary alicyclic amines) is 1. The van der Waals surface area contributed by atoms with E-state index in [2.05, 4.69) is 0 Å². The number of halogens is 2. The van der Waals surface area contributed by atoms with E-state index >= 15 is 0 Å². The Morgan fingerprint density at radius 1 is 1.35 bits per heavy atom. The molecule has 20 heavy (non-hydrogen) atoms. The monoisotopic (exact) mass is 315 g/mol. The smallest absolute Gasteiger partial charge is 0.328 e. The Kier molecular flexibility index (Phi) is 4.89. The highest BCUT2D eigenvalue weighted by molar-refractivity contribution is 6.39. The summed E-state index contributed by atoms with van der Waals surface area (Å²) >= 11 is 12.1. The van der Waals surface area contributed by atoms with Crippen LogP contribution < -0.4 is 0 Å². The van der Waals surface area contributed by atoms with Crippen molar-refractivity contribution >= 4 is 35.1 Å². The van der Waals surface area contributed by atoms with Crippen LogP contribution in [-0.4, -0.2) is 36.0 Å². The molecule has 0 aromatic heterocycles. The van der Waals surface area contributed by atoms with E-state index < -0.39 is 6.04 Å². The van der Waals surface area contributed by atoms with E-state index in [0.717, 1.165) is 6.42 Å². The summed E-state index contributed by atoms with van der Waals surface area (Å²) in [5.74, 6) is -0.697. The standard InChI is InChI=1S/C14H15Cl2NO3/c1-2-20-14(19)11-7-4-8-17(11)13(18)12-9(15)5-3-6-10(12)16/h3,5-6,11H,2,4,7-8H2,1H3. The van der Waals surface area contributed by atoms with Crippen LogP contribution in [0.3, 0.4) is 0 Å². The zero-order valence-corrected chi connectivity index (χ0v) is 12.6. The average Bonchev–Trinajstić information content (AvgIpc) is 2.87. The largest absolute Gasteiger partial charge is 0.464 e. The van der Waals surface area contributed by atoms with Crippen molar-refractivity contribution in [1.82, 2.24) is 4.90 Å². The van der Waals surface area contributed by atoms with Gasteiger partial charge >= 0.3 is 5.97 Å². The van der Waals surface area contributed by atoms with Gasteiger partial charge in [-0.05, 0) is 31.9 Å². The van der Waals surface area contributed by atoms with Crippen molar-refractivity contribution in [3.05, 3.63) is 33.8 Å². The summed E-state index contributed by atoms with van der Waals surface area (Å²) in [5.41, 5.74) is 0.243. The minimum absolute atomic E-state index is 0.243. The normalized spacial score (nSPS) is 18.1. The van der Waals surface area contributed by atoms with Gasteiger partial charge in [-0.15, -0.1) is 0 Å². The molecule has 1 atom stereocenters. The first-order valence-electron chi connectivity index (χ1n) is 6.48. The number of hydrogen-bond acceptors (Lipinski definition) is 3. The molecule has 0 spiro atoms. The van der Waals surface area contributed by atoms with Gasteiger partial charge < -0.3 is 9.64 Å². The van der Waals surface area contributed by atoms with Crippen molar-refractivity contribution < 1.29 is 14.3 Å². The molecule has 0 saturated carbocycles. The summed E-state index contributed by atoms with van der Waals surface area (Å²) in [6.07, 6.45) is 1.37. The van der Waals surface area contributed by atoms with Crippen molar-refractivity contribution in [2.45, 2.75) is 25.8 Å². The van der Waals surface area contributed by atoms with Gasteiger partial charge in [0.25, 0.3) is 5.91 Å². The van der Waals surface area contributed by atoms with E-state index in [-0.39, 0.29) is 27.5 Å². The Hall–Kier alpha value is -1.26. The molecular weight excluding hydrogens is 301 g/mol. The first-order valence-corrected chi connectivity index (χ1v) is 7.23. The Bertz CT molecular complexity index is 513. The molecule has 1 unspecified atom stereocenters. The Labute approximate surface area is 127 Å². The highest BCUT2D eigenvalue weighted by Crippen LogP contribution is 2.29. The van der Waals surface area contributed by atoms with Gasteiger partial charge in [-0.2, -0.15) is 0 Å². The van der Waals surface area contributed by atoms with Crippen LogP contribution in [0, 0.1) is 0 Å². The van der Waals surface area contributed by atoms with Crippen molar-refractivity contribution in [2.75, 3.05) is 13.2 Å². The van der Waals surface area contributed by atoms with Crippen LogP contribution in [0.25, 0.3) is 0 Å². The van der Waals surface area contributed by atoms with E-state index in [0.29, 0.717) is 19.6 Å². The number of ether oxygens (including phenoxy) is 1. The Morgan fingerprint density at radius 2 is 2.00 bits per heavy atom. The third-order valence-electron chi connectivity index (χ3n) is 3.25. The maximum Gasteiger partial charge on any atom is 0.328 e. The van der Waals surface area contributed by atoms with Gasteiger partial charge in [0.2, 0.25) is 0 Å². The molecule has 1 aliphatic heterocycles. The lowest BCUT2D eigenvalue weighted by Gasteiger charge is -2.24. The van der Waals surface area contributed by atoms with Crippen molar-refractivity contribution in [3.8, 4) is 0 Å². The highest BCUT2D eigenvalue weighted by atomic mass is 35.5. The second kappa shape index (κ2) is 6.46. The number of rotatable bonds is 3. The van der Waals surface area contributed by atoms with Crippen molar-refractivity contribution in [1.29, 1.82) is 0 Å². The zero-order valence-electron chi connectivity index (χ0n) is 11.1. The molecule has 1 heterocycles. The highest BCUT2D eigenvalue weighted by Gasteiger charge is 2.36. The number of amides is 1. The number of carbonyl (C=O) groups excluding carboxylic acids is 2. The van der Waals surface area contributed by atoms with Crippen LogP contribution >= 0.6 is 23.2 Å². The molecule has 0 aliphatic carbocycles. The molecule has 1 aromatic rings. The molecule has 0 N–H and O–H groups in total. The number of carbonyl (C=O) groups is 2. The molecule has 0 radical (unpaired) electrons. The molecule has 2 rings (SSSR count). The maximum atomic E-state index is 12.6. The lowest BCUT2D eigenvalue weighted by molar-refractivity contribution is -0.147. The molecule has 4 nitrogen and oxygen atoms in total. The summed E-state index contributed by atoms with van der Waals surface area (Å²) in [4.78, 5) is 25.9. The average molecular weight is 316 g/mol. The van der Waals surface area contributed by atoms with Crippen LogP contribution in [-0.2, 0) is 9.53 Å². The van der Waals surface area contributed by atoms with Gasteiger partial charge in [-0.1, -0.05) is 29.3 Å². The molecule has 0 bridgehead atoms. The fourth-order valence-electron chi connectivity index (χ4n) is 2.34. The van der Waals surface area contributed by atoms with Crippen molar-refractivity contribution in [3.63, 3.8) is 0 Å². The molecule has 1 fully saturated rings. The first kappa shape index (κ1) is 15.1. The van der Waals surface area contributed by atoms with E-state index in [9.17, 15) is 9.59 Å². The van der Waals surface area contributed by atoms with E-state index in [1.165, 1.54) is 4.90 Å². The summed E-state index contributed by atoms with van der Waals surface area (Å²) in [6, 6.07) is 4.34. The van der Waals surface area contributed by atoms with E-state index in [4.69, 9.17) is 27.9 Å².